The zero-order valence-corrected chi connectivity index (χ0v) is 25.5. The molecule has 214 valence electrons. The summed E-state index contributed by atoms with van der Waals surface area (Å²) in [6, 6.07) is 3.43. The molecule has 1 amide bonds. The van der Waals surface area contributed by atoms with Crippen molar-refractivity contribution in [2.75, 3.05) is 12.0 Å². The van der Waals surface area contributed by atoms with Crippen LogP contribution in [0.5, 0.6) is 5.75 Å². The summed E-state index contributed by atoms with van der Waals surface area (Å²) in [5.74, 6) is 0.700. The van der Waals surface area contributed by atoms with Crippen LogP contribution >= 0.6 is 11.8 Å². The molecule has 10 heteroatoms. The summed E-state index contributed by atoms with van der Waals surface area (Å²) in [6.07, 6.45) is 3.48. The van der Waals surface area contributed by atoms with Crippen LogP contribution in [0.2, 0.25) is 0 Å². The minimum Gasteiger partial charge on any atom is -0.428 e. The van der Waals surface area contributed by atoms with Gasteiger partial charge in [-0.2, -0.15) is 11.8 Å². The molecule has 4 aliphatic rings. The van der Waals surface area contributed by atoms with E-state index in [2.05, 4.69) is 26.1 Å². The summed E-state index contributed by atoms with van der Waals surface area (Å²) in [5.41, 5.74) is 0.897. The van der Waals surface area contributed by atoms with Crippen molar-refractivity contribution in [3.05, 3.63) is 28.8 Å². The predicted octanol–water partition coefficient (Wildman–Crippen LogP) is 5.17. The smallest absolute Gasteiger partial charge is 0.428 e. The molecule has 8 nitrogen and oxygen atoms in total. The molecule has 4 fully saturated rings. The summed E-state index contributed by atoms with van der Waals surface area (Å²) in [5, 5.41) is 3.13. The largest absolute Gasteiger partial charge is 0.514 e. The van der Waals surface area contributed by atoms with Gasteiger partial charge in [0.1, 0.15) is 11.4 Å². The number of Topliss-reactive ketones (excluding diaryl/α,β-unsaturated/α-hetero) is 1. The van der Waals surface area contributed by atoms with E-state index in [4.69, 9.17) is 18.8 Å². The normalized spacial score (nSPS) is 27.7. The van der Waals surface area contributed by atoms with Gasteiger partial charge >= 0.3 is 13.3 Å². The van der Waals surface area contributed by atoms with E-state index in [1.165, 1.54) is 18.7 Å². The molecule has 0 spiro atoms. The maximum absolute atomic E-state index is 12.8. The van der Waals surface area contributed by atoms with E-state index in [0.29, 0.717) is 35.1 Å². The molecule has 1 heterocycles. The monoisotopic (exact) mass is 559 g/mol. The Morgan fingerprint density at radius 3 is 2.49 bits per heavy atom. The first-order chi connectivity index (χ1) is 18.1. The molecular formula is C29H42BNO7S. The number of nitrogens with one attached hydrogen (secondary N) is 1. The highest BCUT2D eigenvalue weighted by Gasteiger charge is 2.68. The summed E-state index contributed by atoms with van der Waals surface area (Å²) >= 11 is 1.45. The van der Waals surface area contributed by atoms with E-state index < -0.39 is 30.4 Å². The van der Waals surface area contributed by atoms with E-state index in [0.717, 1.165) is 18.4 Å². The number of ketones is 1. The number of ether oxygens (including phenoxy) is 2. The van der Waals surface area contributed by atoms with Crippen LogP contribution in [0.4, 0.5) is 4.79 Å². The van der Waals surface area contributed by atoms with Crippen LogP contribution in [0.1, 0.15) is 82.8 Å². The number of hydrogen-bond acceptors (Lipinski definition) is 8. The highest BCUT2D eigenvalue weighted by molar-refractivity contribution is 7.99. The third-order valence-corrected chi connectivity index (χ3v) is 9.38. The van der Waals surface area contributed by atoms with Crippen molar-refractivity contribution in [3.63, 3.8) is 0 Å². The maximum atomic E-state index is 12.8. The average molecular weight is 560 g/mol. The van der Waals surface area contributed by atoms with Crippen LogP contribution in [0.3, 0.4) is 0 Å². The lowest BCUT2D eigenvalue weighted by molar-refractivity contribution is -0.199. The Morgan fingerprint density at radius 1 is 1.21 bits per heavy atom. The molecule has 5 rings (SSSR count). The van der Waals surface area contributed by atoms with E-state index in [1.54, 1.807) is 26.8 Å². The fourth-order valence-electron chi connectivity index (χ4n) is 6.74. The van der Waals surface area contributed by atoms with Gasteiger partial charge in [0, 0.05) is 0 Å². The standard InChI is InChI=1S/C29H42BNO7S/c1-16-18(10-11-20(25(16)17(2)32)35-26(34)36-27(3,4)5)12-23(31-24(33)15-39-9)30-37-22-14-19-13-21(28(19,6)7)29(22,8)38-30/h10-11,19,21-23H,12-15H2,1-9H3,(H,31,33)/t19-,21-,22?,23-,29-/m0/s1. The number of hydrogen-bond donors (Lipinski definition) is 1. The molecule has 1 aliphatic heterocycles. The number of carbonyl (C=O) groups excluding carboxylic acids is 3. The van der Waals surface area contributed by atoms with Gasteiger partial charge in [-0.15, -0.1) is 0 Å². The maximum Gasteiger partial charge on any atom is 0.514 e. The lowest BCUT2D eigenvalue weighted by Gasteiger charge is -2.64. The van der Waals surface area contributed by atoms with Gasteiger partial charge in [-0.1, -0.05) is 19.9 Å². The van der Waals surface area contributed by atoms with Crippen LogP contribution in [0.25, 0.3) is 0 Å². The van der Waals surface area contributed by atoms with Crippen LogP contribution in [-0.4, -0.2) is 60.2 Å². The molecule has 3 aliphatic carbocycles. The van der Waals surface area contributed by atoms with Crippen molar-refractivity contribution in [1.82, 2.24) is 5.32 Å². The van der Waals surface area contributed by atoms with Gasteiger partial charge < -0.3 is 24.1 Å². The van der Waals surface area contributed by atoms with Gasteiger partial charge in [0.05, 0.1) is 29.0 Å². The Labute approximate surface area is 236 Å². The van der Waals surface area contributed by atoms with Crippen LogP contribution in [0.15, 0.2) is 12.1 Å². The molecule has 39 heavy (non-hydrogen) atoms. The third kappa shape index (κ3) is 5.88. The van der Waals surface area contributed by atoms with E-state index in [1.807, 2.05) is 19.2 Å². The molecule has 3 saturated carbocycles. The topological polar surface area (TPSA) is 100 Å². The number of rotatable bonds is 8. The average Bonchev–Trinajstić information content (AvgIpc) is 3.16. The Balaban J connectivity index is 1.60. The second kappa shape index (κ2) is 10.7. The third-order valence-electron chi connectivity index (χ3n) is 8.83. The van der Waals surface area contributed by atoms with Crippen molar-refractivity contribution in [2.24, 2.45) is 17.3 Å². The molecule has 5 atom stereocenters. The van der Waals surface area contributed by atoms with Crippen molar-refractivity contribution in [3.8, 4) is 5.75 Å². The van der Waals surface area contributed by atoms with E-state index >= 15 is 0 Å². The first-order valence-corrected chi connectivity index (χ1v) is 15.1. The van der Waals surface area contributed by atoms with Crippen LogP contribution in [0, 0.1) is 24.2 Å². The van der Waals surface area contributed by atoms with Gasteiger partial charge in [0.2, 0.25) is 5.91 Å². The van der Waals surface area contributed by atoms with Crippen molar-refractivity contribution >= 4 is 36.7 Å². The lowest BCUT2D eigenvalue weighted by atomic mass is 9.43. The highest BCUT2D eigenvalue weighted by Crippen LogP contribution is 2.65. The Kier molecular flexibility index (Phi) is 8.25. The first kappa shape index (κ1) is 29.9. The molecule has 1 N–H and O–H groups in total. The van der Waals surface area contributed by atoms with Crippen LogP contribution in [-0.2, 0) is 25.3 Å². The van der Waals surface area contributed by atoms with Crippen LogP contribution < -0.4 is 10.1 Å². The first-order valence-electron chi connectivity index (χ1n) is 13.7. The van der Waals surface area contributed by atoms with Gasteiger partial charge in [-0.25, -0.2) is 4.79 Å². The quantitative estimate of drug-likeness (QED) is 0.202. The van der Waals surface area contributed by atoms with Gasteiger partial charge in [0.25, 0.3) is 0 Å². The Morgan fingerprint density at radius 2 is 1.90 bits per heavy atom. The number of amides is 1. The molecule has 1 unspecified atom stereocenters. The SMILES string of the molecule is CSCC(=O)N[C@@H](Cc1ccc(OC(=O)OC(C)(C)C)c(C(C)=O)c1C)B1OC2C[C@@H]3C[C@@H](C3(C)C)[C@]2(C)O1. The second-order valence-corrected chi connectivity index (χ2v) is 13.9. The van der Waals surface area contributed by atoms with E-state index in [9.17, 15) is 14.4 Å². The van der Waals surface area contributed by atoms with Gasteiger partial charge in [-0.05, 0) is 102 Å². The zero-order valence-electron chi connectivity index (χ0n) is 24.6. The molecular weight excluding hydrogens is 517 g/mol. The fraction of sp³-hybridized carbons (Fsp3) is 0.690. The minimum absolute atomic E-state index is 0.0160. The molecule has 1 aromatic carbocycles. The van der Waals surface area contributed by atoms with E-state index in [-0.39, 0.29) is 29.0 Å². The second-order valence-electron chi connectivity index (χ2n) is 13.0. The number of benzene rings is 1. The number of thioether (sulfide) groups is 1. The lowest BCUT2D eigenvalue weighted by Crippen LogP contribution is -2.65. The van der Waals surface area contributed by atoms with Crippen molar-refractivity contribution < 1.29 is 33.2 Å². The summed E-state index contributed by atoms with van der Waals surface area (Å²) in [7, 11) is -0.612. The predicted molar refractivity (Wildman–Crippen MR) is 152 cm³/mol. The minimum atomic E-state index is -0.871. The Bertz CT molecular complexity index is 1150. The van der Waals surface area contributed by atoms with Gasteiger partial charge in [-0.3, -0.25) is 9.59 Å². The zero-order chi connectivity index (χ0) is 28.9. The van der Waals surface area contributed by atoms with Crippen molar-refractivity contribution in [1.29, 1.82) is 0 Å². The molecule has 0 radical (unpaired) electrons. The summed E-state index contributed by atoms with van der Waals surface area (Å²) in [4.78, 5) is 37.7. The highest BCUT2D eigenvalue weighted by atomic mass is 32.2. The summed E-state index contributed by atoms with van der Waals surface area (Å²) < 4.78 is 23.9. The molecule has 1 aromatic rings. The summed E-state index contributed by atoms with van der Waals surface area (Å²) in [6.45, 7) is 15.3. The Hall–Kier alpha value is -2.04. The van der Waals surface area contributed by atoms with Gasteiger partial charge in [0.15, 0.2) is 5.78 Å². The molecule has 2 bridgehead atoms. The fourth-order valence-corrected chi connectivity index (χ4v) is 7.08. The molecule has 1 saturated heterocycles. The number of carbonyl (C=O) groups is 3. The van der Waals surface area contributed by atoms with Crippen molar-refractivity contribution in [2.45, 2.75) is 97.9 Å². The molecule has 0 aromatic heterocycles.